The molecule has 40 heavy (non-hydrogen) atoms. The van der Waals surface area contributed by atoms with Crippen LogP contribution < -0.4 is 35.2 Å². The van der Waals surface area contributed by atoms with E-state index in [9.17, 15) is 8.78 Å². The van der Waals surface area contributed by atoms with E-state index in [1.807, 2.05) is 60.7 Å². The summed E-state index contributed by atoms with van der Waals surface area (Å²) in [6.07, 6.45) is 0. The third-order valence-electron chi connectivity index (χ3n) is 5.77. The maximum absolute atomic E-state index is 12.8. The molecule has 0 spiro atoms. The van der Waals surface area contributed by atoms with Gasteiger partial charge in [-0.05, 0) is 12.1 Å². The average molecular weight is 663 g/mol. The van der Waals surface area contributed by atoms with Gasteiger partial charge in [-0.1, -0.05) is 35.4 Å². The fraction of sp³-hybridized carbons (Fsp3) is 0. The Morgan fingerprint density at radius 1 is 0.450 bits per heavy atom. The standard InChI is InChI=1S/C12H10Si.2C11H8F.2ClH.Zr/c1-3-7-11(8-4-1)13-12-9-5-2-6-10-12;2*12-11-7-3-6-10(8-11)9-4-1-2-5-9;;;/h1-10H;2*1-8H;2*1H;/q;2*-1;;;+2/p-2. The molecule has 0 radical (unpaired) electrons. The molecule has 0 aliphatic heterocycles. The first-order valence-electron chi connectivity index (χ1n) is 12.2. The van der Waals surface area contributed by atoms with Crippen molar-refractivity contribution in [1.29, 1.82) is 0 Å². The van der Waals surface area contributed by atoms with Crippen molar-refractivity contribution in [2.24, 2.45) is 0 Å². The van der Waals surface area contributed by atoms with Gasteiger partial charge in [0.25, 0.3) is 0 Å². The van der Waals surface area contributed by atoms with Gasteiger partial charge in [-0.25, -0.2) is 8.78 Å². The minimum atomic E-state index is -0.455. The molecule has 0 fully saturated rings. The summed E-state index contributed by atoms with van der Waals surface area (Å²) in [5, 5.41) is 3.03. The first kappa shape index (κ1) is 33.3. The molecule has 0 aromatic heterocycles. The average Bonchev–Trinajstić information content (AvgIpc) is 3.70. The summed E-state index contributed by atoms with van der Waals surface area (Å²) >= 11 is 1.64. The molecule has 200 valence electrons. The Labute approximate surface area is 262 Å². The van der Waals surface area contributed by atoms with Crippen molar-refractivity contribution in [2.75, 3.05) is 0 Å². The molecule has 6 rings (SSSR count). The van der Waals surface area contributed by atoms with Crippen LogP contribution in [0.5, 0.6) is 0 Å². The molecule has 0 nitrogen and oxygen atoms in total. The zero-order valence-electron chi connectivity index (χ0n) is 21.5. The van der Waals surface area contributed by atoms with Gasteiger partial charge in [0.2, 0.25) is 0 Å². The number of halogens is 4. The second-order valence-electron chi connectivity index (χ2n) is 8.47. The van der Waals surface area contributed by atoms with Gasteiger partial charge >= 0.3 is 99.8 Å². The molecule has 0 bridgehead atoms. The maximum atomic E-state index is 12.8. The molecule has 0 aliphatic carbocycles. The summed E-state index contributed by atoms with van der Waals surface area (Å²) in [6.45, 7) is 0. The van der Waals surface area contributed by atoms with Gasteiger partial charge < -0.3 is 24.8 Å². The molecule has 0 heterocycles. The number of benzene rings is 4. The van der Waals surface area contributed by atoms with E-state index < -0.39 is 5.43 Å². The van der Waals surface area contributed by atoms with Crippen molar-refractivity contribution in [1.82, 2.24) is 0 Å². The van der Waals surface area contributed by atoms with E-state index in [0.717, 1.165) is 22.3 Å². The first-order chi connectivity index (χ1) is 18.6. The Bertz CT molecular complexity index is 1420. The molecule has 6 aromatic carbocycles. The van der Waals surface area contributed by atoms with Crippen molar-refractivity contribution in [2.45, 2.75) is 0 Å². The molecule has 0 atom stereocenters. The molecule has 6 heteroatoms. The van der Waals surface area contributed by atoms with E-state index in [-0.39, 0.29) is 36.4 Å². The van der Waals surface area contributed by atoms with Crippen molar-refractivity contribution in [3.05, 3.63) is 169 Å². The summed E-state index contributed by atoms with van der Waals surface area (Å²) in [4.78, 5) is 0. The van der Waals surface area contributed by atoms with Gasteiger partial charge in [0, 0.05) is 0 Å². The second kappa shape index (κ2) is 17.7. The fourth-order valence-corrected chi connectivity index (χ4v) is 7.69. The minimum absolute atomic E-state index is 0. The Morgan fingerprint density at radius 2 is 0.800 bits per heavy atom. The van der Waals surface area contributed by atoms with E-state index in [1.54, 1.807) is 35.5 Å². The summed E-state index contributed by atoms with van der Waals surface area (Å²) in [7, 11) is 0. The predicted molar refractivity (Wildman–Crippen MR) is 153 cm³/mol. The van der Waals surface area contributed by atoms with Gasteiger partial charge in [-0.2, -0.15) is 24.3 Å². The molecule has 6 aromatic rings. The Hall–Kier alpha value is -2.88. The molecule has 0 saturated heterocycles. The molecule has 0 amide bonds. The molecular weight excluding hydrogens is 637 g/mol. The van der Waals surface area contributed by atoms with Crippen LogP contribution in [0.3, 0.4) is 0 Å². The summed E-state index contributed by atoms with van der Waals surface area (Å²) in [5.41, 5.74) is 3.54. The number of rotatable bonds is 4. The van der Waals surface area contributed by atoms with E-state index in [4.69, 9.17) is 0 Å². The Morgan fingerprint density at radius 3 is 1.12 bits per heavy atom. The van der Waals surface area contributed by atoms with Crippen LogP contribution in [-0.2, 0) is 23.3 Å². The molecular formula is C34H26Cl2F2SiZr-2. The third-order valence-corrected chi connectivity index (χ3v) is 11.8. The summed E-state index contributed by atoms with van der Waals surface area (Å²) in [6, 6.07) is 50.5. The second-order valence-corrected chi connectivity index (χ2v) is 14.1. The van der Waals surface area contributed by atoms with Crippen LogP contribution in [0, 0.1) is 11.6 Å². The summed E-state index contributed by atoms with van der Waals surface area (Å²) in [5.74, 6) is -0.373. The molecule has 0 saturated carbocycles. The van der Waals surface area contributed by atoms with Crippen molar-refractivity contribution >= 4 is 15.8 Å². The van der Waals surface area contributed by atoms with Crippen LogP contribution in [0.2, 0.25) is 0 Å². The first-order valence-corrected chi connectivity index (χ1v) is 17.4. The van der Waals surface area contributed by atoms with Crippen LogP contribution in [0.15, 0.2) is 158 Å². The third kappa shape index (κ3) is 10.3. The monoisotopic (exact) mass is 660 g/mol. The van der Waals surface area contributed by atoms with E-state index in [1.165, 1.54) is 34.6 Å². The Balaban J connectivity index is 0.000000206. The van der Waals surface area contributed by atoms with E-state index in [0.29, 0.717) is 0 Å². The van der Waals surface area contributed by atoms with Gasteiger partial charge in [0.15, 0.2) is 0 Å². The topological polar surface area (TPSA) is 0 Å². The van der Waals surface area contributed by atoms with E-state index in [2.05, 4.69) is 60.7 Å². The zero-order valence-corrected chi connectivity index (χ0v) is 26.5. The van der Waals surface area contributed by atoms with Gasteiger partial charge in [0.05, 0.1) is 11.6 Å². The number of hydrogen-bond acceptors (Lipinski definition) is 0. The Kier molecular flexibility index (Phi) is 14.8. The molecule has 0 N–H and O–H groups in total. The van der Waals surface area contributed by atoms with Crippen LogP contribution >= 0.6 is 0 Å². The van der Waals surface area contributed by atoms with E-state index >= 15 is 0 Å². The normalized spacial score (nSPS) is 9.50. The van der Waals surface area contributed by atoms with Crippen molar-refractivity contribution < 1.29 is 56.9 Å². The quantitative estimate of drug-likeness (QED) is 0.200. The van der Waals surface area contributed by atoms with Crippen LogP contribution in [-0.4, -0.2) is 5.43 Å². The molecule has 0 unspecified atom stereocenters. The van der Waals surface area contributed by atoms with Crippen LogP contribution in [0.25, 0.3) is 22.3 Å². The zero-order chi connectivity index (χ0) is 26.6. The molecule has 0 aliphatic rings. The van der Waals surface area contributed by atoms with Crippen LogP contribution in [0.1, 0.15) is 0 Å². The summed E-state index contributed by atoms with van der Waals surface area (Å²) < 4.78 is 25.5. The van der Waals surface area contributed by atoms with Crippen molar-refractivity contribution in [3.8, 4) is 22.3 Å². The predicted octanol–water partition coefficient (Wildman–Crippen LogP) is 1.77. The fourth-order valence-electron chi connectivity index (χ4n) is 3.85. The van der Waals surface area contributed by atoms with Crippen LogP contribution in [0.4, 0.5) is 8.78 Å². The SMILES string of the molecule is Fc1cccc(-[c-]2cccc2)c1.Fc1cccc(-[c-]2cccc2)c1.[Cl-].[Cl-].[Zr+2]=[Si](c1ccccc1)c1ccccc1. The number of hydrogen-bond donors (Lipinski definition) is 0. The van der Waals surface area contributed by atoms with Crippen molar-refractivity contribution in [3.63, 3.8) is 0 Å². The van der Waals surface area contributed by atoms with Gasteiger partial charge in [0.1, 0.15) is 0 Å². The van der Waals surface area contributed by atoms with Gasteiger partial charge in [-0.3, -0.25) is 0 Å². The van der Waals surface area contributed by atoms with Gasteiger partial charge in [-0.15, -0.1) is 47.5 Å².